The zero-order valence-electron chi connectivity index (χ0n) is 13.8. The van der Waals surface area contributed by atoms with Gasteiger partial charge in [0.2, 0.25) is 5.91 Å². The lowest BCUT2D eigenvalue weighted by Crippen LogP contribution is -2.27. The van der Waals surface area contributed by atoms with E-state index in [9.17, 15) is 4.79 Å². The fourth-order valence-electron chi connectivity index (χ4n) is 2.55. The van der Waals surface area contributed by atoms with Crippen LogP contribution in [-0.2, 0) is 17.0 Å². The summed E-state index contributed by atoms with van der Waals surface area (Å²) in [7, 11) is 0. The lowest BCUT2D eigenvalue weighted by molar-refractivity contribution is -0.118. The lowest BCUT2D eigenvalue weighted by Gasteiger charge is -2.20. The summed E-state index contributed by atoms with van der Waals surface area (Å²) in [4.78, 5) is 11.9. The average molecular weight is 378 g/mol. The Hall–Kier alpha value is -1.85. The van der Waals surface area contributed by atoms with Gasteiger partial charge in [-0.25, -0.2) is 0 Å². The molecule has 0 saturated heterocycles. The third-order valence-electron chi connectivity index (χ3n) is 3.74. The molecular formula is C19H20ClNO3S. The molecule has 4 nitrogen and oxygen atoms in total. The van der Waals surface area contributed by atoms with Crippen molar-refractivity contribution in [1.82, 2.24) is 5.32 Å². The maximum absolute atomic E-state index is 11.9. The van der Waals surface area contributed by atoms with Gasteiger partial charge >= 0.3 is 0 Å². The monoisotopic (exact) mass is 377 g/mol. The molecule has 1 aliphatic rings. The van der Waals surface area contributed by atoms with Crippen molar-refractivity contribution >= 4 is 29.3 Å². The maximum atomic E-state index is 11.9. The van der Waals surface area contributed by atoms with Crippen LogP contribution < -0.4 is 14.8 Å². The van der Waals surface area contributed by atoms with Gasteiger partial charge in [0.1, 0.15) is 13.2 Å². The Morgan fingerprint density at radius 1 is 1.12 bits per heavy atom. The normalized spacial score (nSPS) is 12.7. The zero-order chi connectivity index (χ0) is 17.5. The van der Waals surface area contributed by atoms with Crippen LogP contribution in [0.15, 0.2) is 42.5 Å². The first-order valence-corrected chi connectivity index (χ1v) is 9.72. The maximum Gasteiger partial charge on any atom is 0.230 e. The first-order chi connectivity index (χ1) is 12.2. The van der Waals surface area contributed by atoms with Gasteiger partial charge in [0.15, 0.2) is 11.5 Å². The van der Waals surface area contributed by atoms with E-state index < -0.39 is 0 Å². The first-order valence-electron chi connectivity index (χ1n) is 8.19. The van der Waals surface area contributed by atoms with Gasteiger partial charge in [-0.05, 0) is 29.7 Å². The average Bonchev–Trinajstić information content (AvgIpc) is 2.63. The van der Waals surface area contributed by atoms with Crippen LogP contribution in [0.4, 0.5) is 0 Å². The number of hydrogen-bond acceptors (Lipinski definition) is 4. The molecule has 0 aliphatic carbocycles. The molecule has 0 spiro atoms. The van der Waals surface area contributed by atoms with Crippen molar-refractivity contribution in [2.24, 2.45) is 0 Å². The van der Waals surface area contributed by atoms with Crippen LogP contribution in [0.1, 0.15) is 11.1 Å². The predicted molar refractivity (Wildman–Crippen MR) is 102 cm³/mol. The van der Waals surface area contributed by atoms with Crippen LogP contribution in [0.25, 0.3) is 0 Å². The number of carbonyl (C=O) groups is 1. The number of ether oxygens (including phenoxy) is 2. The molecule has 0 unspecified atom stereocenters. The molecule has 0 bridgehead atoms. The number of thioether (sulfide) groups is 1. The molecule has 1 amide bonds. The number of fused-ring (bicyclic) bond motifs is 1. The number of amides is 1. The number of carbonyl (C=O) groups excluding carboxylic acids is 1. The van der Waals surface area contributed by atoms with Crippen molar-refractivity contribution in [3.8, 4) is 11.5 Å². The number of halogens is 1. The number of nitrogens with one attached hydrogen (secondary N) is 1. The fourth-order valence-corrected chi connectivity index (χ4v) is 3.63. The highest BCUT2D eigenvalue weighted by atomic mass is 35.5. The minimum atomic E-state index is 0.0459. The second-order valence-corrected chi connectivity index (χ2v) is 7.07. The summed E-state index contributed by atoms with van der Waals surface area (Å²) in [6, 6.07) is 13.9. The Bertz CT molecular complexity index is 724. The quantitative estimate of drug-likeness (QED) is 0.799. The molecule has 1 aliphatic heterocycles. The molecule has 0 atom stereocenters. The van der Waals surface area contributed by atoms with E-state index in [1.54, 1.807) is 11.8 Å². The molecule has 132 valence electrons. The van der Waals surface area contributed by atoms with Crippen LogP contribution >= 0.6 is 23.4 Å². The van der Waals surface area contributed by atoms with E-state index in [4.69, 9.17) is 21.1 Å². The molecular weight excluding hydrogens is 358 g/mol. The van der Waals surface area contributed by atoms with Crippen molar-refractivity contribution in [2.45, 2.75) is 12.2 Å². The highest BCUT2D eigenvalue weighted by Gasteiger charge is 2.16. The minimum Gasteiger partial charge on any atom is -0.486 e. The Morgan fingerprint density at radius 3 is 2.76 bits per heavy atom. The van der Waals surface area contributed by atoms with Gasteiger partial charge in [0.05, 0.1) is 10.8 Å². The molecule has 0 fully saturated rings. The van der Waals surface area contributed by atoms with Crippen LogP contribution in [-0.4, -0.2) is 31.4 Å². The van der Waals surface area contributed by atoms with Gasteiger partial charge in [-0.3, -0.25) is 4.79 Å². The lowest BCUT2D eigenvalue weighted by atomic mass is 10.1. The van der Waals surface area contributed by atoms with Crippen LogP contribution in [0, 0.1) is 0 Å². The van der Waals surface area contributed by atoms with Gasteiger partial charge in [-0.2, -0.15) is 0 Å². The van der Waals surface area contributed by atoms with Crippen molar-refractivity contribution in [2.75, 3.05) is 25.5 Å². The standard InChI is InChI=1S/C19H20ClNO3S/c20-16-10-15(11-17-19(16)24-9-8-23-17)12-25-13-18(22)21-7-6-14-4-2-1-3-5-14/h1-5,10-11H,6-9,12-13H2,(H,21,22). The largest absolute Gasteiger partial charge is 0.486 e. The summed E-state index contributed by atoms with van der Waals surface area (Å²) >= 11 is 7.78. The van der Waals surface area contributed by atoms with Crippen LogP contribution in [0.3, 0.4) is 0 Å². The van der Waals surface area contributed by atoms with Gasteiger partial charge in [-0.15, -0.1) is 11.8 Å². The molecule has 25 heavy (non-hydrogen) atoms. The summed E-state index contributed by atoms with van der Waals surface area (Å²) in [6.07, 6.45) is 0.842. The molecule has 0 aromatic heterocycles. The van der Waals surface area contributed by atoms with Crippen molar-refractivity contribution in [3.05, 3.63) is 58.6 Å². The van der Waals surface area contributed by atoms with Crippen molar-refractivity contribution in [1.29, 1.82) is 0 Å². The zero-order valence-corrected chi connectivity index (χ0v) is 15.4. The van der Waals surface area contributed by atoms with Crippen molar-refractivity contribution < 1.29 is 14.3 Å². The van der Waals surface area contributed by atoms with E-state index in [-0.39, 0.29) is 5.91 Å². The Kier molecular flexibility index (Phi) is 6.48. The summed E-state index contributed by atoms with van der Waals surface area (Å²) < 4.78 is 11.1. The minimum absolute atomic E-state index is 0.0459. The first kappa shape index (κ1) is 18.0. The van der Waals surface area contributed by atoms with Crippen LogP contribution in [0.5, 0.6) is 11.5 Å². The highest BCUT2D eigenvalue weighted by molar-refractivity contribution is 7.99. The Labute approximate surface area is 156 Å². The second kappa shape index (κ2) is 9.02. The number of benzene rings is 2. The van der Waals surface area contributed by atoms with Crippen LogP contribution in [0.2, 0.25) is 5.02 Å². The van der Waals surface area contributed by atoms with E-state index in [1.807, 2.05) is 30.3 Å². The Balaban J connectivity index is 1.40. The third-order valence-corrected chi connectivity index (χ3v) is 5.02. The van der Waals surface area contributed by atoms with E-state index >= 15 is 0 Å². The topological polar surface area (TPSA) is 47.6 Å². The molecule has 2 aromatic carbocycles. The van der Waals surface area contributed by atoms with Gasteiger partial charge in [0.25, 0.3) is 0 Å². The van der Waals surface area contributed by atoms with E-state index in [0.717, 1.165) is 12.0 Å². The van der Waals surface area contributed by atoms with Gasteiger partial charge < -0.3 is 14.8 Å². The fraction of sp³-hybridized carbons (Fsp3) is 0.316. The molecule has 0 saturated carbocycles. The summed E-state index contributed by atoms with van der Waals surface area (Å²) in [5.41, 5.74) is 2.25. The number of rotatable bonds is 7. The number of hydrogen-bond donors (Lipinski definition) is 1. The van der Waals surface area contributed by atoms with Gasteiger partial charge in [-0.1, -0.05) is 41.9 Å². The van der Waals surface area contributed by atoms with E-state index in [1.165, 1.54) is 5.56 Å². The third kappa shape index (κ3) is 5.31. The molecule has 0 radical (unpaired) electrons. The van der Waals surface area contributed by atoms with E-state index in [2.05, 4.69) is 17.4 Å². The second-order valence-electron chi connectivity index (χ2n) is 5.68. The molecule has 2 aromatic rings. The summed E-state index contributed by atoms with van der Waals surface area (Å²) in [5.74, 6) is 2.45. The summed E-state index contributed by atoms with van der Waals surface area (Å²) in [6.45, 7) is 1.70. The predicted octanol–water partition coefficient (Wildman–Crippen LogP) is 3.70. The molecule has 3 rings (SSSR count). The SMILES string of the molecule is O=C(CSCc1cc(Cl)c2c(c1)OCCO2)NCCc1ccccc1. The van der Waals surface area contributed by atoms with Crippen molar-refractivity contribution in [3.63, 3.8) is 0 Å². The van der Waals surface area contributed by atoms with Gasteiger partial charge in [0, 0.05) is 12.3 Å². The molecule has 1 heterocycles. The summed E-state index contributed by atoms with van der Waals surface area (Å²) in [5, 5.41) is 3.50. The van der Waals surface area contributed by atoms with E-state index in [0.29, 0.717) is 47.8 Å². The Morgan fingerprint density at radius 2 is 1.92 bits per heavy atom. The molecule has 1 N–H and O–H groups in total. The smallest absolute Gasteiger partial charge is 0.230 e. The highest BCUT2D eigenvalue weighted by Crippen LogP contribution is 2.39. The molecule has 6 heteroatoms.